The van der Waals surface area contributed by atoms with Gasteiger partial charge in [0.2, 0.25) is 10.0 Å². The van der Waals surface area contributed by atoms with Crippen LogP contribution in [0.1, 0.15) is 23.2 Å². The van der Waals surface area contributed by atoms with E-state index in [4.69, 9.17) is 27.9 Å². The molecule has 0 bridgehead atoms. The maximum Gasteiger partial charge on any atom is 0.253 e. The predicted octanol–water partition coefficient (Wildman–Crippen LogP) is 3.93. The van der Waals surface area contributed by atoms with E-state index in [1.54, 1.807) is 25.2 Å². The highest BCUT2D eigenvalue weighted by molar-refractivity contribution is 7.89. The summed E-state index contributed by atoms with van der Waals surface area (Å²) >= 11 is 12.2. The van der Waals surface area contributed by atoms with E-state index in [9.17, 15) is 13.2 Å². The van der Waals surface area contributed by atoms with Crippen LogP contribution in [0, 0.1) is 0 Å². The first kappa shape index (κ1) is 21.9. The Bertz CT molecular complexity index is 992. The molecule has 0 aromatic heterocycles. The van der Waals surface area contributed by atoms with Crippen LogP contribution in [0.15, 0.2) is 47.4 Å². The Morgan fingerprint density at radius 3 is 2.48 bits per heavy atom. The highest BCUT2D eigenvalue weighted by Crippen LogP contribution is 2.28. The Hall–Kier alpha value is -1.80. The van der Waals surface area contributed by atoms with Gasteiger partial charge in [0.25, 0.3) is 5.91 Å². The van der Waals surface area contributed by atoms with Crippen LogP contribution in [0.5, 0.6) is 5.75 Å². The minimum atomic E-state index is -3.72. The highest BCUT2D eigenvalue weighted by atomic mass is 35.5. The summed E-state index contributed by atoms with van der Waals surface area (Å²) < 4.78 is 32.7. The summed E-state index contributed by atoms with van der Waals surface area (Å²) in [5.41, 5.74) is 0.257. The molecule has 0 aliphatic carbocycles. The Morgan fingerprint density at radius 1 is 1.10 bits per heavy atom. The molecule has 3 rings (SSSR count). The molecule has 9 heteroatoms. The highest BCUT2D eigenvalue weighted by Gasteiger charge is 2.30. The molecule has 0 saturated carbocycles. The van der Waals surface area contributed by atoms with Crippen molar-refractivity contribution >= 4 is 39.1 Å². The Balaban J connectivity index is 1.69. The van der Waals surface area contributed by atoms with E-state index in [1.165, 1.54) is 27.4 Å². The van der Waals surface area contributed by atoms with E-state index >= 15 is 0 Å². The molecule has 156 valence electrons. The number of halogens is 2. The average molecular weight is 457 g/mol. The number of ether oxygens (including phenoxy) is 1. The third-order valence-electron chi connectivity index (χ3n) is 4.73. The number of sulfonamides is 1. The van der Waals surface area contributed by atoms with Crippen LogP contribution in [-0.4, -0.2) is 56.8 Å². The van der Waals surface area contributed by atoms with E-state index in [0.29, 0.717) is 30.4 Å². The van der Waals surface area contributed by atoms with Crippen molar-refractivity contribution < 1.29 is 17.9 Å². The predicted molar refractivity (Wildman–Crippen MR) is 113 cm³/mol. The monoisotopic (exact) mass is 456 g/mol. The normalized spacial score (nSPS) is 14.7. The van der Waals surface area contributed by atoms with Crippen molar-refractivity contribution in [1.82, 2.24) is 9.21 Å². The molecule has 29 heavy (non-hydrogen) atoms. The number of nitrogens with zero attached hydrogens (tertiary/aromatic N) is 2. The van der Waals surface area contributed by atoms with Crippen LogP contribution in [-0.2, 0) is 10.0 Å². The first-order valence-corrected chi connectivity index (χ1v) is 11.4. The number of carbonyl (C=O) groups is 1. The molecule has 0 unspecified atom stereocenters. The molecular weight excluding hydrogens is 435 g/mol. The van der Waals surface area contributed by atoms with Gasteiger partial charge < -0.3 is 9.64 Å². The maximum absolute atomic E-state index is 12.8. The molecule has 1 saturated heterocycles. The van der Waals surface area contributed by atoms with E-state index in [2.05, 4.69) is 0 Å². The summed E-state index contributed by atoms with van der Waals surface area (Å²) in [6, 6.07) is 11.4. The van der Waals surface area contributed by atoms with Crippen LogP contribution in [0.3, 0.4) is 0 Å². The lowest BCUT2D eigenvalue weighted by molar-refractivity contribution is 0.0773. The van der Waals surface area contributed by atoms with Crippen LogP contribution in [0.4, 0.5) is 0 Å². The lowest BCUT2D eigenvalue weighted by atomic mass is 10.2. The van der Waals surface area contributed by atoms with Crippen molar-refractivity contribution in [3.05, 3.63) is 58.1 Å². The minimum Gasteiger partial charge on any atom is -0.490 e. The number of hydrogen-bond donors (Lipinski definition) is 0. The van der Waals surface area contributed by atoms with Crippen molar-refractivity contribution in [3.8, 4) is 5.75 Å². The molecule has 1 fully saturated rings. The molecule has 1 heterocycles. The average Bonchev–Trinajstić information content (AvgIpc) is 3.25. The van der Waals surface area contributed by atoms with Crippen molar-refractivity contribution in [1.29, 1.82) is 0 Å². The lowest BCUT2D eigenvalue weighted by Crippen LogP contribution is -2.31. The fraction of sp³-hybridized carbons (Fsp3) is 0.350. The zero-order chi connectivity index (χ0) is 21.0. The van der Waals surface area contributed by atoms with Gasteiger partial charge in [0.05, 0.1) is 16.6 Å². The Labute approximate surface area is 181 Å². The lowest BCUT2D eigenvalue weighted by Gasteiger charge is -2.20. The van der Waals surface area contributed by atoms with E-state index in [1.807, 2.05) is 6.07 Å². The fourth-order valence-electron chi connectivity index (χ4n) is 3.08. The second kappa shape index (κ2) is 9.34. The topological polar surface area (TPSA) is 66.9 Å². The van der Waals surface area contributed by atoms with E-state index in [0.717, 1.165) is 12.8 Å². The molecule has 2 aromatic carbocycles. The van der Waals surface area contributed by atoms with Gasteiger partial charge in [0.1, 0.15) is 17.3 Å². The number of rotatable bonds is 7. The zero-order valence-electron chi connectivity index (χ0n) is 16.0. The van der Waals surface area contributed by atoms with Gasteiger partial charge in [-0.05, 0) is 43.2 Å². The van der Waals surface area contributed by atoms with Gasteiger partial charge in [-0.1, -0.05) is 35.3 Å². The second-order valence-corrected chi connectivity index (χ2v) is 9.48. The third kappa shape index (κ3) is 5.04. The first-order chi connectivity index (χ1) is 13.8. The molecule has 6 nitrogen and oxygen atoms in total. The number of likely N-dealkylation sites (N-methyl/N-ethyl adjacent to an activating group) is 1. The van der Waals surface area contributed by atoms with Gasteiger partial charge in [-0.15, -0.1) is 0 Å². The summed E-state index contributed by atoms with van der Waals surface area (Å²) in [6.07, 6.45) is 1.65. The number of amides is 1. The van der Waals surface area contributed by atoms with Gasteiger partial charge >= 0.3 is 0 Å². The number of para-hydroxylation sites is 1. The maximum atomic E-state index is 12.8. The van der Waals surface area contributed by atoms with E-state index in [-0.39, 0.29) is 28.0 Å². The van der Waals surface area contributed by atoms with Crippen LogP contribution in [0.25, 0.3) is 0 Å². The molecule has 0 atom stereocenters. The molecule has 1 aliphatic rings. The van der Waals surface area contributed by atoms with Crippen molar-refractivity contribution in [2.24, 2.45) is 0 Å². The summed E-state index contributed by atoms with van der Waals surface area (Å²) in [4.78, 5) is 14.2. The van der Waals surface area contributed by atoms with Gasteiger partial charge in [-0.3, -0.25) is 4.79 Å². The second-order valence-electron chi connectivity index (χ2n) is 6.76. The van der Waals surface area contributed by atoms with Crippen molar-refractivity contribution in [2.45, 2.75) is 17.7 Å². The Morgan fingerprint density at radius 2 is 1.79 bits per heavy atom. The first-order valence-electron chi connectivity index (χ1n) is 9.23. The standard InChI is InChI=1S/C20H22Cl2N2O4S/c1-23(12-13-28-18-7-3-2-6-16(18)21)20(25)15-8-9-17(22)19(14-15)29(26,27)24-10-4-5-11-24/h2-3,6-9,14H,4-5,10-13H2,1H3. The Kier molecular flexibility index (Phi) is 7.05. The molecular formula is C20H22Cl2N2O4S. The molecule has 0 spiro atoms. The van der Waals surface area contributed by atoms with Crippen LogP contribution >= 0.6 is 23.2 Å². The summed E-state index contributed by atoms with van der Waals surface area (Å²) in [5.74, 6) is 0.225. The molecule has 1 amide bonds. The summed E-state index contributed by atoms with van der Waals surface area (Å²) in [5, 5.41) is 0.606. The largest absolute Gasteiger partial charge is 0.490 e. The molecule has 0 radical (unpaired) electrons. The molecule has 0 N–H and O–H groups in total. The minimum absolute atomic E-state index is 0.0346. The van der Waals surface area contributed by atoms with Gasteiger partial charge in [-0.25, -0.2) is 8.42 Å². The van der Waals surface area contributed by atoms with Gasteiger partial charge in [0, 0.05) is 25.7 Å². The van der Waals surface area contributed by atoms with Gasteiger partial charge in [0.15, 0.2) is 0 Å². The molecule has 2 aromatic rings. The fourth-order valence-corrected chi connectivity index (χ4v) is 5.29. The van der Waals surface area contributed by atoms with Crippen molar-refractivity contribution in [2.75, 3.05) is 33.3 Å². The number of hydrogen-bond acceptors (Lipinski definition) is 4. The summed E-state index contributed by atoms with van der Waals surface area (Å²) in [7, 11) is -2.09. The quantitative estimate of drug-likeness (QED) is 0.632. The third-order valence-corrected chi connectivity index (χ3v) is 7.42. The zero-order valence-corrected chi connectivity index (χ0v) is 18.3. The van der Waals surface area contributed by atoms with E-state index < -0.39 is 10.0 Å². The van der Waals surface area contributed by atoms with Crippen LogP contribution in [0.2, 0.25) is 10.0 Å². The molecule has 1 aliphatic heterocycles. The van der Waals surface area contributed by atoms with Crippen molar-refractivity contribution in [3.63, 3.8) is 0 Å². The van der Waals surface area contributed by atoms with Crippen LogP contribution < -0.4 is 4.74 Å². The number of carbonyl (C=O) groups excluding carboxylic acids is 1. The van der Waals surface area contributed by atoms with Gasteiger partial charge in [-0.2, -0.15) is 4.31 Å². The smallest absolute Gasteiger partial charge is 0.253 e. The SMILES string of the molecule is CN(CCOc1ccccc1Cl)C(=O)c1ccc(Cl)c(S(=O)(=O)N2CCCC2)c1. The summed E-state index contributed by atoms with van der Waals surface area (Å²) in [6.45, 7) is 1.49. The number of benzene rings is 2.